The molecule has 0 unspecified atom stereocenters. The second-order valence-electron chi connectivity index (χ2n) is 4.37. The monoisotopic (exact) mass is 261 g/mol. The molecule has 2 N–H and O–H groups in total. The van der Waals surface area contributed by atoms with Crippen molar-refractivity contribution < 1.29 is 19.4 Å². The molecule has 19 heavy (non-hydrogen) atoms. The molecule has 0 aromatic heterocycles. The van der Waals surface area contributed by atoms with Gasteiger partial charge in [-0.1, -0.05) is 0 Å². The van der Waals surface area contributed by atoms with E-state index in [2.05, 4.69) is 5.32 Å². The Hall–Kier alpha value is -2.30. The van der Waals surface area contributed by atoms with E-state index in [0.29, 0.717) is 11.3 Å². The van der Waals surface area contributed by atoms with Crippen molar-refractivity contribution in [1.29, 1.82) is 0 Å². The molecular formula is C14H15NO4. The summed E-state index contributed by atoms with van der Waals surface area (Å²) >= 11 is 0. The van der Waals surface area contributed by atoms with Gasteiger partial charge in [0.2, 0.25) is 5.78 Å². The summed E-state index contributed by atoms with van der Waals surface area (Å²) in [5.41, 5.74) is 0.452. The van der Waals surface area contributed by atoms with Gasteiger partial charge in [0.25, 0.3) is 5.91 Å². The van der Waals surface area contributed by atoms with Gasteiger partial charge in [-0.05, 0) is 37.1 Å². The molecule has 0 spiro atoms. The van der Waals surface area contributed by atoms with Crippen LogP contribution >= 0.6 is 0 Å². The van der Waals surface area contributed by atoms with Gasteiger partial charge in [-0.3, -0.25) is 9.59 Å². The molecule has 1 saturated carbocycles. The zero-order valence-corrected chi connectivity index (χ0v) is 10.6. The van der Waals surface area contributed by atoms with Gasteiger partial charge in [0, 0.05) is 17.7 Å². The molecule has 0 atom stereocenters. The van der Waals surface area contributed by atoms with E-state index in [1.54, 1.807) is 24.3 Å². The maximum absolute atomic E-state index is 11.5. The van der Waals surface area contributed by atoms with Crippen LogP contribution in [0.1, 0.15) is 18.4 Å². The molecule has 5 nitrogen and oxygen atoms in total. The van der Waals surface area contributed by atoms with E-state index in [1.165, 1.54) is 7.11 Å². The standard InChI is InChI=1S/C14H15NO4/c1-19-11-6-2-9(3-7-11)12(16)8-13(17)14(18)15-10-4-5-10/h2-3,6-8,10,16H,4-5H2,1H3,(H,15,18)/b12-8-. The Morgan fingerprint density at radius 3 is 2.47 bits per heavy atom. The molecule has 1 amide bonds. The fourth-order valence-corrected chi connectivity index (χ4v) is 1.52. The first kappa shape index (κ1) is 13.1. The highest BCUT2D eigenvalue weighted by Crippen LogP contribution is 2.19. The first-order valence-electron chi connectivity index (χ1n) is 6.00. The van der Waals surface area contributed by atoms with Gasteiger partial charge in [-0.15, -0.1) is 0 Å². The van der Waals surface area contributed by atoms with E-state index >= 15 is 0 Å². The number of ether oxygens (including phenoxy) is 1. The average molecular weight is 261 g/mol. The zero-order valence-electron chi connectivity index (χ0n) is 10.6. The second kappa shape index (κ2) is 5.56. The van der Waals surface area contributed by atoms with Gasteiger partial charge >= 0.3 is 0 Å². The predicted octanol–water partition coefficient (Wildman–Crippen LogP) is 1.44. The van der Waals surface area contributed by atoms with Crippen LogP contribution in [0.4, 0.5) is 0 Å². The lowest BCUT2D eigenvalue weighted by Crippen LogP contribution is -2.31. The highest BCUT2D eigenvalue weighted by Gasteiger charge is 2.25. The third kappa shape index (κ3) is 3.58. The molecule has 2 rings (SSSR count). The molecule has 1 aliphatic carbocycles. The summed E-state index contributed by atoms with van der Waals surface area (Å²) in [6, 6.07) is 6.66. The van der Waals surface area contributed by atoms with Crippen molar-refractivity contribution in [2.75, 3.05) is 7.11 Å². The van der Waals surface area contributed by atoms with Crippen LogP contribution < -0.4 is 10.1 Å². The van der Waals surface area contributed by atoms with Crippen molar-refractivity contribution in [3.63, 3.8) is 0 Å². The van der Waals surface area contributed by atoms with Gasteiger partial charge in [0.15, 0.2) is 0 Å². The van der Waals surface area contributed by atoms with E-state index in [4.69, 9.17) is 4.74 Å². The third-order valence-electron chi connectivity index (χ3n) is 2.79. The van der Waals surface area contributed by atoms with Crippen LogP contribution in [0.5, 0.6) is 5.75 Å². The Balaban J connectivity index is 2.03. The lowest BCUT2D eigenvalue weighted by atomic mass is 10.1. The minimum atomic E-state index is -0.750. The van der Waals surface area contributed by atoms with Crippen LogP contribution in [-0.2, 0) is 9.59 Å². The Bertz CT molecular complexity index is 515. The molecule has 0 saturated heterocycles. The summed E-state index contributed by atoms with van der Waals surface area (Å²) in [6.45, 7) is 0. The minimum absolute atomic E-state index is 0.118. The highest BCUT2D eigenvalue weighted by atomic mass is 16.5. The van der Waals surface area contributed by atoms with Crippen molar-refractivity contribution in [2.45, 2.75) is 18.9 Å². The van der Waals surface area contributed by atoms with Gasteiger partial charge in [-0.25, -0.2) is 0 Å². The molecule has 5 heteroatoms. The average Bonchev–Trinajstić information content (AvgIpc) is 3.22. The number of aliphatic hydroxyl groups excluding tert-OH is 1. The first-order valence-corrected chi connectivity index (χ1v) is 6.00. The molecule has 0 bridgehead atoms. The third-order valence-corrected chi connectivity index (χ3v) is 2.79. The van der Waals surface area contributed by atoms with Crippen molar-refractivity contribution in [1.82, 2.24) is 5.32 Å². The predicted molar refractivity (Wildman–Crippen MR) is 69.8 cm³/mol. The molecular weight excluding hydrogens is 246 g/mol. The topological polar surface area (TPSA) is 75.6 Å². The number of carbonyl (C=O) groups excluding carboxylic acids is 2. The van der Waals surface area contributed by atoms with Crippen LogP contribution in [0.15, 0.2) is 30.3 Å². The molecule has 0 aliphatic heterocycles. The summed E-state index contributed by atoms with van der Waals surface area (Å²) < 4.78 is 4.99. The number of methoxy groups -OCH3 is 1. The molecule has 1 fully saturated rings. The number of hydrogen-bond donors (Lipinski definition) is 2. The number of nitrogens with one attached hydrogen (secondary N) is 1. The molecule has 1 aliphatic rings. The van der Waals surface area contributed by atoms with Gasteiger partial charge in [0.05, 0.1) is 7.11 Å². The molecule has 0 heterocycles. The lowest BCUT2D eigenvalue weighted by Gasteiger charge is -2.03. The molecule has 100 valence electrons. The van der Waals surface area contributed by atoms with Crippen molar-refractivity contribution >= 4 is 17.4 Å². The number of ketones is 1. The quantitative estimate of drug-likeness (QED) is 0.478. The second-order valence-corrected chi connectivity index (χ2v) is 4.37. The van der Waals surface area contributed by atoms with E-state index in [0.717, 1.165) is 18.9 Å². The minimum Gasteiger partial charge on any atom is -0.507 e. The maximum Gasteiger partial charge on any atom is 0.292 e. The molecule has 0 radical (unpaired) electrons. The number of amides is 1. The Kier molecular flexibility index (Phi) is 3.85. The van der Waals surface area contributed by atoms with E-state index < -0.39 is 11.7 Å². The maximum atomic E-state index is 11.5. The number of rotatable bonds is 5. The van der Waals surface area contributed by atoms with Crippen molar-refractivity contribution in [3.05, 3.63) is 35.9 Å². The number of carbonyl (C=O) groups is 2. The zero-order chi connectivity index (χ0) is 13.8. The fraction of sp³-hybridized carbons (Fsp3) is 0.286. The summed E-state index contributed by atoms with van der Waals surface area (Å²) in [5.74, 6) is -1.02. The summed E-state index contributed by atoms with van der Waals surface area (Å²) in [4.78, 5) is 23.0. The number of benzene rings is 1. The van der Waals surface area contributed by atoms with Gasteiger partial charge in [-0.2, -0.15) is 0 Å². The number of aliphatic hydroxyl groups is 1. The summed E-state index contributed by atoms with van der Waals surface area (Å²) in [5, 5.41) is 12.3. The van der Waals surface area contributed by atoms with Gasteiger partial charge in [0.1, 0.15) is 11.5 Å². The van der Waals surface area contributed by atoms with Gasteiger partial charge < -0.3 is 15.2 Å². The number of hydrogen-bond acceptors (Lipinski definition) is 4. The fourth-order valence-electron chi connectivity index (χ4n) is 1.52. The van der Waals surface area contributed by atoms with Crippen molar-refractivity contribution in [3.8, 4) is 5.75 Å². The van der Waals surface area contributed by atoms with E-state index in [1.807, 2.05) is 0 Å². The normalized spacial score (nSPS) is 14.9. The Morgan fingerprint density at radius 2 is 1.95 bits per heavy atom. The van der Waals surface area contributed by atoms with E-state index in [-0.39, 0.29) is 11.8 Å². The van der Waals surface area contributed by atoms with Crippen LogP contribution in [0, 0.1) is 0 Å². The Morgan fingerprint density at radius 1 is 1.32 bits per heavy atom. The molecule has 1 aromatic carbocycles. The van der Waals surface area contributed by atoms with Crippen LogP contribution in [0.2, 0.25) is 0 Å². The Labute approximate surface area is 110 Å². The van der Waals surface area contributed by atoms with Crippen LogP contribution in [0.3, 0.4) is 0 Å². The largest absolute Gasteiger partial charge is 0.507 e. The molecule has 1 aromatic rings. The van der Waals surface area contributed by atoms with E-state index in [9.17, 15) is 14.7 Å². The summed E-state index contributed by atoms with van der Waals surface area (Å²) in [6.07, 6.45) is 2.75. The van der Waals surface area contributed by atoms with Crippen LogP contribution in [-0.4, -0.2) is 29.9 Å². The SMILES string of the molecule is COc1ccc(/C(O)=C/C(=O)C(=O)NC2CC2)cc1. The highest BCUT2D eigenvalue weighted by molar-refractivity contribution is 6.41. The first-order chi connectivity index (χ1) is 9.10. The smallest absolute Gasteiger partial charge is 0.292 e. The lowest BCUT2D eigenvalue weighted by molar-refractivity contribution is -0.135. The van der Waals surface area contributed by atoms with Crippen LogP contribution in [0.25, 0.3) is 5.76 Å². The van der Waals surface area contributed by atoms with Crippen molar-refractivity contribution in [2.24, 2.45) is 0 Å². The summed E-state index contributed by atoms with van der Waals surface area (Å²) in [7, 11) is 1.54.